The third kappa shape index (κ3) is 27.9. The molecule has 1 N–H and O–H groups in total. The minimum absolute atomic E-state index is 0. The number of anilines is 1. The van der Waals surface area contributed by atoms with Gasteiger partial charge in [0, 0.05) is 26.8 Å². The zero-order chi connectivity index (χ0) is 16.8. The summed E-state index contributed by atoms with van der Waals surface area (Å²) in [4.78, 5) is 0. The van der Waals surface area contributed by atoms with Crippen LogP contribution in [-0.4, -0.2) is 12.3 Å². The standard InChI is InChI=1S/C8H10NP.5CO.W/c1-2-4-8(5-3-1)9-10-6-7-10;5*1-2;/h1-5,9H,6-7H2;;;;;;. The van der Waals surface area contributed by atoms with E-state index in [1.165, 1.54) is 18.0 Å². The van der Waals surface area contributed by atoms with Gasteiger partial charge in [-0.15, -0.1) is 0 Å². The summed E-state index contributed by atoms with van der Waals surface area (Å²) in [6.45, 7) is 22.5. The number of nitrogens with one attached hydrogen (secondary N) is 1. The van der Waals surface area contributed by atoms with E-state index in [9.17, 15) is 0 Å². The van der Waals surface area contributed by atoms with Crippen molar-refractivity contribution in [1.29, 1.82) is 0 Å². The van der Waals surface area contributed by atoms with E-state index in [2.05, 4.69) is 62.6 Å². The Morgan fingerprint density at radius 2 is 1.05 bits per heavy atom. The van der Waals surface area contributed by atoms with Gasteiger partial charge in [0.2, 0.25) is 0 Å². The van der Waals surface area contributed by atoms with Crippen LogP contribution in [0.2, 0.25) is 0 Å². The van der Waals surface area contributed by atoms with Gasteiger partial charge < -0.3 is 5.09 Å². The van der Waals surface area contributed by atoms with E-state index in [0.29, 0.717) is 0 Å². The summed E-state index contributed by atoms with van der Waals surface area (Å²) in [6, 6.07) is 10.4. The normalized spacial score (nSPS) is 8.48. The molecule has 0 spiro atoms. The van der Waals surface area contributed by atoms with Gasteiger partial charge >= 0.3 is 56.5 Å². The van der Waals surface area contributed by atoms with Crippen molar-refractivity contribution in [3.05, 3.63) is 63.6 Å². The van der Waals surface area contributed by atoms with E-state index in [0.717, 1.165) is 0 Å². The molecule has 0 saturated carbocycles. The van der Waals surface area contributed by atoms with E-state index >= 15 is 0 Å². The SMILES string of the molecule is [C-]#[O+].[C-]#[O+].[C-]#[O+].[C-]#[O+].[C-]#[O+].[W].c1ccc(NP2CC2)cc1. The van der Waals surface area contributed by atoms with E-state index in [-0.39, 0.29) is 29.1 Å². The number of hydrogen-bond donors (Lipinski definition) is 1. The molecule has 1 fully saturated rings. The third-order valence-electron chi connectivity index (χ3n) is 1.51. The molecule has 8 heteroatoms. The summed E-state index contributed by atoms with van der Waals surface area (Å²) in [6.07, 6.45) is 2.81. The Kier molecular flexibility index (Phi) is 55.4. The first-order chi connectivity index (χ1) is 9.95. The minimum atomic E-state index is 0. The van der Waals surface area contributed by atoms with Crippen molar-refractivity contribution in [3.63, 3.8) is 0 Å². The van der Waals surface area contributed by atoms with Crippen LogP contribution in [0.25, 0.3) is 0 Å². The molecule has 1 aromatic carbocycles. The van der Waals surface area contributed by atoms with Crippen molar-refractivity contribution >= 4 is 13.8 Å². The number of hydrogen-bond acceptors (Lipinski definition) is 1. The minimum Gasteiger partial charge on any atom is -0.364 e. The fourth-order valence-electron chi connectivity index (χ4n) is 0.857. The summed E-state index contributed by atoms with van der Waals surface area (Å²) < 4.78 is 37.5. The Morgan fingerprint density at radius 1 is 0.714 bits per heavy atom. The van der Waals surface area contributed by atoms with Crippen LogP contribution in [0.1, 0.15) is 0 Å². The second-order valence-electron chi connectivity index (χ2n) is 2.46. The Balaban J connectivity index is -0.0000000674. The summed E-state index contributed by atoms with van der Waals surface area (Å²) >= 11 is 0. The molecule has 0 unspecified atom stereocenters. The number of rotatable bonds is 2. The van der Waals surface area contributed by atoms with Gasteiger partial charge in [-0.25, -0.2) is 0 Å². The molecular weight excluding hydrogens is 465 g/mol. The fourth-order valence-corrected chi connectivity index (χ4v) is 1.99. The van der Waals surface area contributed by atoms with Crippen LogP contribution in [-0.2, 0) is 44.3 Å². The second kappa shape index (κ2) is 36.4. The van der Waals surface area contributed by atoms with Crippen LogP contribution in [0, 0.1) is 33.3 Å². The predicted octanol–water partition coefficient (Wildman–Crippen LogP) is 2.32. The molecular formula is C13H10NO5PW. The summed E-state index contributed by atoms with van der Waals surface area (Å²) in [7, 11) is 0.223. The van der Waals surface area contributed by atoms with Gasteiger partial charge in [0.1, 0.15) is 0 Å². The van der Waals surface area contributed by atoms with Crippen molar-refractivity contribution in [3.8, 4) is 0 Å². The Morgan fingerprint density at radius 3 is 1.33 bits per heavy atom. The predicted molar refractivity (Wildman–Crippen MR) is 66.4 cm³/mol. The van der Waals surface area contributed by atoms with Gasteiger partial charge in [0.25, 0.3) is 0 Å². The largest absolute Gasteiger partial charge is 0.364 e. The number of benzene rings is 1. The fraction of sp³-hybridized carbons (Fsp3) is 0.154. The van der Waals surface area contributed by atoms with Gasteiger partial charge in [0.05, 0.1) is 0 Å². The molecule has 108 valence electrons. The Bertz CT molecular complexity index is 364. The molecule has 2 rings (SSSR count). The van der Waals surface area contributed by atoms with Gasteiger partial charge in [-0.05, 0) is 32.5 Å². The molecule has 0 aliphatic carbocycles. The van der Waals surface area contributed by atoms with Crippen molar-refractivity contribution in [2.24, 2.45) is 0 Å². The quantitative estimate of drug-likeness (QED) is 0.396. The van der Waals surface area contributed by atoms with E-state index in [1.54, 1.807) is 0 Å². The van der Waals surface area contributed by atoms with Crippen LogP contribution in [0.3, 0.4) is 0 Å². The first kappa shape index (κ1) is 32.0. The first-order valence-electron chi connectivity index (χ1n) is 4.54. The van der Waals surface area contributed by atoms with Crippen molar-refractivity contribution < 1.29 is 44.3 Å². The molecule has 1 aliphatic heterocycles. The maximum atomic E-state index is 7.50. The van der Waals surface area contributed by atoms with Gasteiger partial charge in [-0.3, -0.25) is 0 Å². The zero-order valence-electron chi connectivity index (χ0n) is 10.7. The number of para-hydroxylation sites is 1. The van der Waals surface area contributed by atoms with Gasteiger partial charge in [0.15, 0.2) is 0 Å². The molecule has 0 bridgehead atoms. The molecule has 1 heterocycles. The van der Waals surface area contributed by atoms with Crippen molar-refractivity contribution in [2.75, 3.05) is 17.4 Å². The molecule has 1 saturated heterocycles. The molecule has 21 heavy (non-hydrogen) atoms. The summed E-state index contributed by atoms with van der Waals surface area (Å²) in [5, 5.41) is 3.48. The molecule has 0 amide bonds. The van der Waals surface area contributed by atoms with E-state index < -0.39 is 0 Å². The van der Waals surface area contributed by atoms with Crippen LogP contribution in [0.4, 0.5) is 5.69 Å². The van der Waals surface area contributed by atoms with Gasteiger partial charge in [-0.2, -0.15) is 0 Å². The second-order valence-corrected chi connectivity index (χ2v) is 4.66. The maximum Gasteiger partial charge on any atom is 0.0372 e. The van der Waals surface area contributed by atoms with Crippen molar-refractivity contribution in [1.82, 2.24) is 0 Å². The third-order valence-corrected chi connectivity index (χ3v) is 2.98. The van der Waals surface area contributed by atoms with Crippen LogP contribution in [0.15, 0.2) is 30.3 Å². The molecule has 0 radical (unpaired) electrons. The van der Waals surface area contributed by atoms with Crippen LogP contribution < -0.4 is 5.09 Å². The molecule has 6 nitrogen and oxygen atoms in total. The summed E-state index contributed by atoms with van der Waals surface area (Å²) in [5.74, 6) is 0. The Hall–Kier alpha value is -1.16. The topological polar surface area (TPSA) is 112 Å². The average Bonchev–Trinajstić information content (AvgIpc) is 3.42. The van der Waals surface area contributed by atoms with Crippen LogP contribution >= 0.6 is 8.07 Å². The van der Waals surface area contributed by atoms with E-state index in [1.807, 2.05) is 6.07 Å². The maximum absolute atomic E-state index is 7.50. The molecule has 1 aromatic rings. The van der Waals surface area contributed by atoms with E-state index in [4.69, 9.17) is 23.3 Å². The Labute approximate surface area is 139 Å². The summed E-state index contributed by atoms with van der Waals surface area (Å²) in [5.41, 5.74) is 1.28. The van der Waals surface area contributed by atoms with Crippen LogP contribution in [0.5, 0.6) is 0 Å². The molecule has 0 atom stereocenters. The monoisotopic (exact) mass is 475 g/mol. The zero-order valence-corrected chi connectivity index (χ0v) is 14.5. The smallest absolute Gasteiger partial charge is 0.0372 e. The average molecular weight is 475 g/mol. The van der Waals surface area contributed by atoms with Crippen molar-refractivity contribution in [2.45, 2.75) is 0 Å². The molecule has 1 aliphatic rings. The molecule has 0 aromatic heterocycles. The van der Waals surface area contributed by atoms with Gasteiger partial charge in [-0.1, -0.05) is 18.2 Å². The first-order valence-corrected chi connectivity index (χ1v) is 6.25.